The van der Waals surface area contributed by atoms with Gasteiger partial charge < -0.3 is 15.5 Å². The van der Waals surface area contributed by atoms with Gasteiger partial charge in [-0.15, -0.1) is 0 Å². The van der Waals surface area contributed by atoms with E-state index in [9.17, 15) is 13.2 Å². The molecule has 0 saturated carbocycles. The van der Waals surface area contributed by atoms with Crippen LogP contribution in [0.15, 0.2) is 47.3 Å². The second-order valence-electron chi connectivity index (χ2n) is 6.54. The van der Waals surface area contributed by atoms with Crippen molar-refractivity contribution < 1.29 is 13.2 Å². The summed E-state index contributed by atoms with van der Waals surface area (Å²) in [6.07, 6.45) is 1.67. The molecule has 0 aromatic heterocycles. The molecule has 0 amide bonds. The molecule has 2 aliphatic heterocycles. The SMILES string of the molecule is CCS(=O)(=O)N1CCN(C2=CN=C(N)CN2CC(=O)c2ccccc2)CC1. The van der Waals surface area contributed by atoms with Gasteiger partial charge in [-0.1, -0.05) is 30.3 Å². The number of carbonyl (C=O) groups excluding carboxylic acids is 1. The van der Waals surface area contributed by atoms with E-state index in [4.69, 9.17) is 5.73 Å². The standard InChI is InChI=1S/C18H25N5O3S/c1-2-27(25,26)23-10-8-21(9-11-23)18-12-20-17(19)14-22(18)13-16(24)15-6-4-3-5-7-15/h3-7,12H,2,8-11,13-14H2,1H3,(H2,19,20). The zero-order chi connectivity index (χ0) is 19.4. The largest absolute Gasteiger partial charge is 0.386 e. The number of benzene rings is 1. The van der Waals surface area contributed by atoms with Crippen molar-refractivity contribution in [1.82, 2.24) is 14.1 Å². The van der Waals surface area contributed by atoms with Crippen LogP contribution in [0, 0.1) is 0 Å². The van der Waals surface area contributed by atoms with Gasteiger partial charge in [0.15, 0.2) is 5.78 Å². The van der Waals surface area contributed by atoms with Crippen LogP contribution in [-0.4, -0.2) is 79.2 Å². The Bertz CT molecular complexity index is 843. The molecule has 0 unspecified atom stereocenters. The second kappa shape index (κ2) is 8.10. The average molecular weight is 391 g/mol. The van der Waals surface area contributed by atoms with E-state index in [0.29, 0.717) is 44.1 Å². The first-order chi connectivity index (χ1) is 12.9. The van der Waals surface area contributed by atoms with E-state index in [1.807, 2.05) is 23.1 Å². The lowest BCUT2D eigenvalue weighted by Gasteiger charge is -2.41. The number of piperazine rings is 1. The quantitative estimate of drug-likeness (QED) is 0.701. The minimum Gasteiger partial charge on any atom is -0.386 e. The van der Waals surface area contributed by atoms with Gasteiger partial charge in [-0.2, -0.15) is 4.31 Å². The molecule has 2 aliphatic rings. The van der Waals surface area contributed by atoms with Crippen molar-refractivity contribution in [1.29, 1.82) is 0 Å². The molecule has 0 radical (unpaired) electrons. The predicted molar refractivity (Wildman–Crippen MR) is 105 cm³/mol. The maximum Gasteiger partial charge on any atom is 0.213 e. The van der Waals surface area contributed by atoms with Crippen LogP contribution in [0.1, 0.15) is 17.3 Å². The van der Waals surface area contributed by atoms with Gasteiger partial charge in [-0.25, -0.2) is 13.4 Å². The van der Waals surface area contributed by atoms with Gasteiger partial charge in [0.1, 0.15) is 11.7 Å². The number of carbonyl (C=O) groups is 1. The molecule has 1 saturated heterocycles. The third-order valence-corrected chi connectivity index (χ3v) is 6.66. The number of hydrogen-bond acceptors (Lipinski definition) is 7. The van der Waals surface area contributed by atoms with Crippen LogP contribution < -0.4 is 5.73 Å². The van der Waals surface area contributed by atoms with Crippen LogP contribution in [0.3, 0.4) is 0 Å². The summed E-state index contributed by atoms with van der Waals surface area (Å²) in [6.45, 7) is 4.17. The highest BCUT2D eigenvalue weighted by molar-refractivity contribution is 7.89. The molecule has 0 spiro atoms. The summed E-state index contributed by atoms with van der Waals surface area (Å²) in [7, 11) is -3.18. The molecule has 1 fully saturated rings. The number of hydrogen-bond donors (Lipinski definition) is 1. The van der Waals surface area contributed by atoms with Gasteiger partial charge in [0.25, 0.3) is 0 Å². The molecule has 0 bridgehead atoms. The van der Waals surface area contributed by atoms with Crippen molar-refractivity contribution in [2.24, 2.45) is 10.7 Å². The van der Waals surface area contributed by atoms with Crippen LogP contribution in [0.25, 0.3) is 0 Å². The third kappa shape index (κ3) is 4.48. The van der Waals surface area contributed by atoms with Crippen LogP contribution in [0.4, 0.5) is 0 Å². The lowest BCUT2D eigenvalue weighted by molar-refractivity contribution is 0.0923. The number of nitrogens with zero attached hydrogens (tertiary/aromatic N) is 4. The second-order valence-corrected chi connectivity index (χ2v) is 8.80. The topological polar surface area (TPSA) is 99.3 Å². The van der Waals surface area contributed by atoms with Crippen molar-refractivity contribution in [3.8, 4) is 0 Å². The summed E-state index contributed by atoms with van der Waals surface area (Å²) in [6, 6.07) is 9.13. The van der Waals surface area contributed by atoms with Crippen LogP contribution in [0.5, 0.6) is 0 Å². The summed E-state index contributed by atoms with van der Waals surface area (Å²) in [5.74, 6) is 1.37. The Morgan fingerprint density at radius 1 is 1.15 bits per heavy atom. The molecule has 27 heavy (non-hydrogen) atoms. The molecular weight excluding hydrogens is 366 g/mol. The molecule has 2 heterocycles. The third-order valence-electron chi connectivity index (χ3n) is 4.77. The Morgan fingerprint density at radius 2 is 1.81 bits per heavy atom. The summed E-state index contributed by atoms with van der Waals surface area (Å²) < 4.78 is 25.6. The first-order valence-corrected chi connectivity index (χ1v) is 10.6. The van der Waals surface area contributed by atoms with E-state index in [-0.39, 0.29) is 18.1 Å². The van der Waals surface area contributed by atoms with Crippen molar-refractivity contribution in [2.75, 3.05) is 45.0 Å². The van der Waals surface area contributed by atoms with Gasteiger partial charge in [-0.05, 0) is 6.92 Å². The van der Waals surface area contributed by atoms with Crippen molar-refractivity contribution in [3.63, 3.8) is 0 Å². The highest BCUT2D eigenvalue weighted by Gasteiger charge is 2.29. The van der Waals surface area contributed by atoms with E-state index in [1.54, 1.807) is 25.3 Å². The fraction of sp³-hybridized carbons (Fsp3) is 0.444. The number of Topliss-reactive ketones (excluding diaryl/α,β-unsaturated/α-hetero) is 1. The minimum absolute atomic E-state index is 0.00315. The van der Waals surface area contributed by atoms with E-state index in [0.717, 1.165) is 5.82 Å². The zero-order valence-electron chi connectivity index (χ0n) is 15.4. The first-order valence-electron chi connectivity index (χ1n) is 8.99. The summed E-state index contributed by atoms with van der Waals surface area (Å²) in [4.78, 5) is 20.8. The number of aliphatic imine (C=N–C) groups is 1. The Hall–Kier alpha value is -2.39. The van der Waals surface area contributed by atoms with E-state index in [2.05, 4.69) is 9.89 Å². The molecule has 8 nitrogen and oxygen atoms in total. The van der Waals surface area contributed by atoms with Gasteiger partial charge in [0.2, 0.25) is 10.0 Å². The minimum atomic E-state index is -3.18. The molecule has 0 aliphatic carbocycles. The van der Waals surface area contributed by atoms with Crippen molar-refractivity contribution >= 4 is 21.6 Å². The highest BCUT2D eigenvalue weighted by Crippen LogP contribution is 2.19. The maximum absolute atomic E-state index is 12.6. The molecule has 3 rings (SSSR count). The molecule has 2 N–H and O–H groups in total. The van der Waals surface area contributed by atoms with E-state index < -0.39 is 10.0 Å². The Morgan fingerprint density at radius 3 is 2.44 bits per heavy atom. The molecular formula is C18H25N5O3S. The molecule has 1 aromatic rings. The number of nitrogens with two attached hydrogens (primary N) is 1. The van der Waals surface area contributed by atoms with Crippen LogP contribution >= 0.6 is 0 Å². The zero-order valence-corrected chi connectivity index (χ0v) is 16.2. The molecule has 1 aromatic carbocycles. The molecule has 0 atom stereocenters. The van der Waals surface area contributed by atoms with E-state index >= 15 is 0 Å². The van der Waals surface area contributed by atoms with Gasteiger partial charge in [0, 0.05) is 31.7 Å². The van der Waals surface area contributed by atoms with Gasteiger partial charge >= 0.3 is 0 Å². The monoisotopic (exact) mass is 391 g/mol. The highest BCUT2D eigenvalue weighted by atomic mass is 32.2. The number of ketones is 1. The van der Waals surface area contributed by atoms with E-state index in [1.165, 1.54) is 4.31 Å². The number of rotatable bonds is 6. The van der Waals surface area contributed by atoms with Crippen molar-refractivity contribution in [2.45, 2.75) is 6.92 Å². The van der Waals surface area contributed by atoms with Gasteiger partial charge in [-0.3, -0.25) is 4.79 Å². The van der Waals surface area contributed by atoms with Gasteiger partial charge in [0.05, 0.1) is 25.0 Å². The molecule has 9 heteroatoms. The Balaban J connectivity index is 1.70. The lowest BCUT2D eigenvalue weighted by Crippen LogP contribution is -2.52. The normalized spacial score (nSPS) is 18.9. The first kappa shape index (κ1) is 19.4. The lowest BCUT2D eigenvalue weighted by atomic mass is 10.1. The predicted octanol–water partition coefficient (Wildman–Crippen LogP) is 0.308. The molecule has 146 valence electrons. The smallest absolute Gasteiger partial charge is 0.213 e. The van der Waals surface area contributed by atoms with Crippen LogP contribution in [0.2, 0.25) is 0 Å². The fourth-order valence-electron chi connectivity index (χ4n) is 3.22. The summed E-state index contributed by atoms with van der Waals surface area (Å²) in [5.41, 5.74) is 6.52. The number of sulfonamides is 1. The maximum atomic E-state index is 12.6. The summed E-state index contributed by atoms with van der Waals surface area (Å²) >= 11 is 0. The number of amidine groups is 1. The Labute approximate surface area is 160 Å². The average Bonchev–Trinajstić information content (AvgIpc) is 2.69. The van der Waals surface area contributed by atoms with Crippen molar-refractivity contribution in [3.05, 3.63) is 47.9 Å². The summed E-state index contributed by atoms with van der Waals surface area (Å²) in [5, 5.41) is 0. The Kier molecular flexibility index (Phi) is 5.81. The van der Waals surface area contributed by atoms with Crippen LogP contribution in [-0.2, 0) is 10.0 Å². The fourth-order valence-corrected chi connectivity index (χ4v) is 4.31.